The monoisotopic (exact) mass is 160 g/mol. The summed E-state index contributed by atoms with van der Waals surface area (Å²) >= 11 is 0. The molecule has 0 aromatic rings. The molecule has 0 amide bonds. The van der Waals surface area contributed by atoms with Gasteiger partial charge in [0.05, 0.1) is 12.2 Å². The maximum atomic E-state index is 10.4. The third-order valence-electron chi connectivity index (χ3n) is 1.36. The molecule has 0 aromatic carbocycles. The summed E-state index contributed by atoms with van der Waals surface area (Å²) in [6, 6.07) is 0. The first-order valence-electron chi connectivity index (χ1n) is 3.87. The first kappa shape index (κ1) is 10.4. The molecule has 11 heavy (non-hydrogen) atoms. The highest BCUT2D eigenvalue weighted by Gasteiger charge is 2.06. The number of hydrogen-bond acceptors (Lipinski definition) is 3. The third-order valence-corrected chi connectivity index (χ3v) is 1.36. The third kappa shape index (κ3) is 7.33. The molecule has 0 aliphatic rings. The fourth-order valence-corrected chi connectivity index (χ4v) is 0.818. The minimum absolute atomic E-state index is 0.0814. The van der Waals surface area contributed by atoms with Crippen LogP contribution in [0, 0.1) is 0 Å². The molecule has 0 bridgehead atoms. The smallest absolute Gasteiger partial charge is 0.302 e. The molecular formula is C8H16O3. The SMILES string of the molecule is CC(=O)OC(C)CCC(C)O. The van der Waals surface area contributed by atoms with E-state index in [1.54, 1.807) is 6.92 Å². The van der Waals surface area contributed by atoms with Crippen molar-refractivity contribution < 1.29 is 14.6 Å². The van der Waals surface area contributed by atoms with Gasteiger partial charge in [0.15, 0.2) is 0 Å². The van der Waals surface area contributed by atoms with Gasteiger partial charge in [-0.1, -0.05) is 0 Å². The largest absolute Gasteiger partial charge is 0.463 e. The number of aliphatic hydroxyl groups excluding tert-OH is 1. The van der Waals surface area contributed by atoms with Gasteiger partial charge in [0.25, 0.3) is 0 Å². The zero-order valence-electron chi connectivity index (χ0n) is 7.33. The summed E-state index contributed by atoms with van der Waals surface area (Å²) < 4.78 is 4.85. The Kier molecular flexibility index (Phi) is 4.86. The molecule has 66 valence electrons. The van der Waals surface area contributed by atoms with Crippen LogP contribution in [0.2, 0.25) is 0 Å². The molecule has 3 heteroatoms. The molecule has 0 aromatic heterocycles. The Labute approximate surface area is 67.4 Å². The molecule has 0 saturated carbocycles. The molecule has 0 spiro atoms. The Morgan fingerprint density at radius 2 is 2.00 bits per heavy atom. The molecule has 2 atom stereocenters. The van der Waals surface area contributed by atoms with E-state index in [4.69, 9.17) is 9.84 Å². The number of carbonyl (C=O) groups excluding carboxylic acids is 1. The molecule has 0 saturated heterocycles. The first-order valence-corrected chi connectivity index (χ1v) is 3.87. The predicted octanol–water partition coefficient (Wildman–Crippen LogP) is 1.10. The number of ether oxygens (including phenoxy) is 1. The highest BCUT2D eigenvalue weighted by atomic mass is 16.5. The lowest BCUT2D eigenvalue weighted by Gasteiger charge is -2.12. The second kappa shape index (κ2) is 5.13. The average Bonchev–Trinajstić information content (AvgIpc) is 1.82. The fraction of sp³-hybridized carbons (Fsp3) is 0.875. The van der Waals surface area contributed by atoms with Crippen LogP contribution in [0.15, 0.2) is 0 Å². The summed E-state index contributed by atoms with van der Waals surface area (Å²) in [6.07, 6.45) is 1.00. The summed E-state index contributed by atoms with van der Waals surface area (Å²) in [7, 11) is 0. The van der Waals surface area contributed by atoms with Gasteiger partial charge < -0.3 is 9.84 Å². The van der Waals surface area contributed by atoms with Crippen molar-refractivity contribution in [2.75, 3.05) is 0 Å². The lowest BCUT2D eigenvalue weighted by molar-refractivity contribution is -0.145. The maximum Gasteiger partial charge on any atom is 0.302 e. The molecule has 3 nitrogen and oxygen atoms in total. The van der Waals surface area contributed by atoms with Crippen LogP contribution >= 0.6 is 0 Å². The summed E-state index contributed by atoms with van der Waals surface area (Å²) in [4.78, 5) is 10.4. The van der Waals surface area contributed by atoms with E-state index in [0.29, 0.717) is 6.42 Å². The molecule has 0 rings (SSSR count). The Morgan fingerprint density at radius 1 is 1.45 bits per heavy atom. The van der Waals surface area contributed by atoms with E-state index >= 15 is 0 Å². The zero-order chi connectivity index (χ0) is 8.85. The van der Waals surface area contributed by atoms with Gasteiger partial charge in [0.2, 0.25) is 0 Å². The fourth-order valence-electron chi connectivity index (χ4n) is 0.818. The van der Waals surface area contributed by atoms with Crippen LogP contribution in [-0.2, 0) is 9.53 Å². The quantitative estimate of drug-likeness (QED) is 0.626. The van der Waals surface area contributed by atoms with Crippen LogP contribution in [0.3, 0.4) is 0 Å². The van der Waals surface area contributed by atoms with Gasteiger partial charge in [-0.3, -0.25) is 4.79 Å². The van der Waals surface area contributed by atoms with E-state index in [0.717, 1.165) is 6.42 Å². The van der Waals surface area contributed by atoms with Gasteiger partial charge in [0, 0.05) is 6.92 Å². The highest BCUT2D eigenvalue weighted by Crippen LogP contribution is 2.04. The van der Waals surface area contributed by atoms with Gasteiger partial charge in [-0.25, -0.2) is 0 Å². The summed E-state index contributed by atoms with van der Waals surface area (Å²) in [5.41, 5.74) is 0. The van der Waals surface area contributed by atoms with Gasteiger partial charge in [-0.2, -0.15) is 0 Å². The standard InChI is InChI=1S/C8H16O3/c1-6(9)4-5-7(2)11-8(3)10/h6-7,9H,4-5H2,1-3H3. The van der Waals surface area contributed by atoms with Crippen LogP contribution in [-0.4, -0.2) is 23.3 Å². The first-order chi connectivity index (χ1) is 5.02. The van der Waals surface area contributed by atoms with E-state index in [9.17, 15) is 4.79 Å². The van der Waals surface area contributed by atoms with E-state index < -0.39 is 0 Å². The molecule has 0 aliphatic carbocycles. The van der Waals surface area contributed by atoms with Crippen LogP contribution < -0.4 is 0 Å². The maximum absolute atomic E-state index is 10.4. The molecule has 2 unspecified atom stereocenters. The van der Waals surface area contributed by atoms with Gasteiger partial charge in [-0.05, 0) is 26.7 Å². The van der Waals surface area contributed by atoms with Crippen molar-refractivity contribution in [1.82, 2.24) is 0 Å². The van der Waals surface area contributed by atoms with Crippen molar-refractivity contribution in [2.45, 2.75) is 45.8 Å². The number of rotatable bonds is 4. The summed E-state index contributed by atoms with van der Waals surface area (Å²) in [5.74, 6) is -0.261. The van der Waals surface area contributed by atoms with Crippen molar-refractivity contribution in [3.05, 3.63) is 0 Å². The minimum Gasteiger partial charge on any atom is -0.463 e. The zero-order valence-corrected chi connectivity index (χ0v) is 7.33. The summed E-state index contributed by atoms with van der Waals surface area (Å²) in [6.45, 7) is 4.93. The predicted molar refractivity (Wildman–Crippen MR) is 42.1 cm³/mol. The van der Waals surface area contributed by atoms with E-state index in [-0.39, 0.29) is 18.2 Å². The lowest BCUT2D eigenvalue weighted by Crippen LogP contribution is -2.14. The topological polar surface area (TPSA) is 46.5 Å². The molecular weight excluding hydrogens is 144 g/mol. The molecule has 1 N–H and O–H groups in total. The number of hydrogen-bond donors (Lipinski definition) is 1. The Bertz CT molecular complexity index is 121. The van der Waals surface area contributed by atoms with Gasteiger partial charge in [0.1, 0.15) is 0 Å². The Morgan fingerprint density at radius 3 is 2.36 bits per heavy atom. The van der Waals surface area contributed by atoms with Crippen LogP contribution in [0.4, 0.5) is 0 Å². The van der Waals surface area contributed by atoms with Crippen LogP contribution in [0.25, 0.3) is 0 Å². The van der Waals surface area contributed by atoms with E-state index in [2.05, 4.69) is 0 Å². The number of carbonyl (C=O) groups is 1. The van der Waals surface area contributed by atoms with Crippen molar-refractivity contribution in [2.24, 2.45) is 0 Å². The summed E-state index contributed by atoms with van der Waals surface area (Å²) in [5, 5.41) is 8.89. The molecule has 0 aliphatic heterocycles. The van der Waals surface area contributed by atoms with Crippen molar-refractivity contribution in [3.63, 3.8) is 0 Å². The van der Waals surface area contributed by atoms with Crippen LogP contribution in [0.1, 0.15) is 33.6 Å². The Balaban J connectivity index is 3.37. The molecule has 0 radical (unpaired) electrons. The number of esters is 1. The average molecular weight is 160 g/mol. The van der Waals surface area contributed by atoms with Gasteiger partial charge in [-0.15, -0.1) is 0 Å². The van der Waals surface area contributed by atoms with Crippen LogP contribution in [0.5, 0.6) is 0 Å². The van der Waals surface area contributed by atoms with E-state index in [1.807, 2.05) is 6.92 Å². The van der Waals surface area contributed by atoms with Crippen molar-refractivity contribution in [1.29, 1.82) is 0 Å². The van der Waals surface area contributed by atoms with Crippen molar-refractivity contribution >= 4 is 5.97 Å². The Hall–Kier alpha value is -0.570. The van der Waals surface area contributed by atoms with Crippen molar-refractivity contribution in [3.8, 4) is 0 Å². The minimum atomic E-state index is -0.312. The number of aliphatic hydroxyl groups is 1. The molecule has 0 heterocycles. The van der Waals surface area contributed by atoms with E-state index in [1.165, 1.54) is 6.92 Å². The second-order valence-corrected chi connectivity index (χ2v) is 2.85. The second-order valence-electron chi connectivity index (χ2n) is 2.85. The normalized spacial score (nSPS) is 15.6. The van der Waals surface area contributed by atoms with Gasteiger partial charge >= 0.3 is 5.97 Å². The highest BCUT2D eigenvalue weighted by molar-refractivity contribution is 5.66. The molecule has 0 fully saturated rings. The lowest BCUT2D eigenvalue weighted by atomic mass is 10.1.